The Morgan fingerprint density at radius 1 is 1.42 bits per heavy atom. The Morgan fingerprint density at radius 2 is 2.12 bits per heavy atom. The zero-order valence-corrected chi connectivity index (χ0v) is 15.9. The van der Waals surface area contributed by atoms with Crippen LogP contribution in [0.4, 0.5) is 5.69 Å². The Kier molecular flexibility index (Phi) is 4.95. The van der Waals surface area contributed by atoms with Gasteiger partial charge in [0, 0.05) is 11.2 Å². The topological polar surface area (TPSA) is 66.8 Å². The molecule has 0 bridgehead atoms. The highest BCUT2D eigenvalue weighted by Crippen LogP contribution is 2.43. The quantitative estimate of drug-likeness (QED) is 0.798. The molecule has 2 aliphatic rings. The minimum absolute atomic E-state index is 0.0619. The lowest BCUT2D eigenvalue weighted by Crippen LogP contribution is -2.38. The summed E-state index contributed by atoms with van der Waals surface area (Å²) in [5.41, 5.74) is 0.701. The van der Waals surface area contributed by atoms with Gasteiger partial charge in [0.1, 0.15) is 0 Å². The smallest absolute Gasteiger partial charge is 0.250 e. The summed E-state index contributed by atoms with van der Waals surface area (Å²) in [6, 6.07) is 7.02. The molecule has 1 aromatic rings. The standard InChI is InChI=1S/C16H19ClN2O3S2/c1-3-10(2)15(20)18-16-19(12-7-5-4-6-11(12)17)13-8-24(21,22)9-14(13)23-16/h4-7,10,13-14H,3,8-9H2,1-2H3/t10-,13+,14+/m0/s1. The molecule has 3 rings (SSSR count). The minimum Gasteiger partial charge on any atom is -0.314 e. The van der Waals surface area contributed by atoms with E-state index >= 15 is 0 Å². The number of hydrogen-bond donors (Lipinski definition) is 0. The number of thioether (sulfide) groups is 1. The van der Waals surface area contributed by atoms with Gasteiger partial charge in [0.05, 0.1) is 28.3 Å². The van der Waals surface area contributed by atoms with Gasteiger partial charge < -0.3 is 4.90 Å². The third-order valence-electron chi connectivity index (χ3n) is 4.42. The summed E-state index contributed by atoms with van der Waals surface area (Å²) >= 11 is 7.69. The Balaban J connectivity index is 2.02. The highest BCUT2D eigenvalue weighted by molar-refractivity contribution is 8.16. The Hall–Kier alpha value is -1.05. The number of fused-ring (bicyclic) bond motifs is 1. The van der Waals surface area contributed by atoms with Crippen molar-refractivity contribution in [3.8, 4) is 0 Å². The molecule has 0 radical (unpaired) electrons. The fourth-order valence-corrected chi connectivity index (χ4v) is 7.01. The normalized spacial score (nSPS) is 28.1. The van der Waals surface area contributed by atoms with Crippen LogP contribution in [-0.4, -0.2) is 42.3 Å². The van der Waals surface area contributed by atoms with Gasteiger partial charge in [-0.3, -0.25) is 4.79 Å². The first-order valence-corrected chi connectivity index (χ1v) is 10.9. The predicted molar refractivity (Wildman–Crippen MR) is 99.6 cm³/mol. The van der Waals surface area contributed by atoms with E-state index in [-0.39, 0.29) is 34.6 Å². The number of nitrogens with zero attached hydrogens (tertiary/aromatic N) is 2. The lowest BCUT2D eigenvalue weighted by Gasteiger charge is -2.25. The number of para-hydroxylation sites is 1. The number of benzene rings is 1. The number of amides is 1. The van der Waals surface area contributed by atoms with E-state index in [0.29, 0.717) is 22.3 Å². The van der Waals surface area contributed by atoms with Crippen LogP contribution < -0.4 is 4.90 Å². The van der Waals surface area contributed by atoms with E-state index in [1.807, 2.05) is 36.9 Å². The molecule has 2 fully saturated rings. The van der Waals surface area contributed by atoms with Crippen molar-refractivity contribution in [2.24, 2.45) is 10.9 Å². The molecular formula is C16H19ClN2O3S2. The Labute approximate surface area is 151 Å². The molecule has 5 nitrogen and oxygen atoms in total. The van der Waals surface area contributed by atoms with Gasteiger partial charge in [-0.2, -0.15) is 4.99 Å². The molecule has 0 unspecified atom stereocenters. The van der Waals surface area contributed by atoms with E-state index in [9.17, 15) is 13.2 Å². The Bertz CT molecular complexity index is 794. The van der Waals surface area contributed by atoms with Crippen molar-refractivity contribution in [2.45, 2.75) is 31.6 Å². The molecule has 130 valence electrons. The van der Waals surface area contributed by atoms with Gasteiger partial charge in [0.15, 0.2) is 15.0 Å². The number of hydrogen-bond acceptors (Lipinski definition) is 4. The number of rotatable bonds is 3. The van der Waals surface area contributed by atoms with Gasteiger partial charge in [-0.1, -0.05) is 49.3 Å². The van der Waals surface area contributed by atoms with Crippen molar-refractivity contribution in [3.05, 3.63) is 29.3 Å². The van der Waals surface area contributed by atoms with Crippen LogP contribution in [0.25, 0.3) is 0 Å². The first-order valence-electron chi connectivity index (χ1n) is 7.85. The van der Waals surface area contributed by atoms with Crippen molar-refractivity contribution in [3.63, 3.8) is 0 Å². The van der Waals surface area contributed by atoms with E-state index < -0.39 is 9.84 Å². The van der Waals surface area contributed by atoms with Gasteiger partial charge >= 0.3 is 0 Å². The largest absolute Gasteiger partial charge is 0.314 e. The van der Waals surface area contributed by atoms with Crippen LogP contribution >= 0.6 is 23.4 Å². The lowest BCUT2D eigenvalue weighted by molar-refractivity contribution is -0.121. The molecule has 1 amide bonds. The van der Waals surface area contributed by atoms with Crippen molar-refractivity contribution in [1.29, 1.82) is 0 Å². The molecule has 8 heteroatoms. The molecule has 0 N–H and O–H groups in total. The molecule has 1 aromatic carbocycles. The van der Waals surface area contributed by atoms with Crippen LogP contribution in [0, 0.1) is 5.92 Å². The highest BCUT2D eigenvalue weighted by atomic mass is 35.5. The molecule has 0 aromatic heterocycles. The van der Waals surface area contributed by atoms with E-state index in [1.54, 1.807) is 6.07 Å². The summed E-state index contributed by atoms with van der Waals surface area (Å²) < 4.78 is 24.0. The number of anilines is 1. The van der Waals surface area contributed by atoms with Crippen LogP contribution in [0.1, 0.15) is 20.3 Å². The number of amidine groups is 1. The molecular weight excluding hydrogens is 368 g/mol. The second-order valence-electron chi connectivity index (χ2n) is 6.16. The van der Waals surface area contributed by atoms with Crippen LogP contribution in [0.15, 0.2) is 29.3 Å². The number of sulfone groups is 1. The average Bonchev–Trinajstić information content (AvgIpc) is 2.98. The maximum atomic E-state index is 12.3. The zero-order chi connectivity index (χ0) is 17.5. The van der Waals surface area contributed by atoms with Gasteiger partial charge in [0.25, 0.3) is 5.91 Å². The maximum absolute atomic E-state index is 12.3. The highest BCUT2D eigenvalue weighted by Gasteiger charge is 2.49. The number of aliphatic imine (C=N–C) groups is 1. The predicted octanol–water partition coefficient (Wildman–Crippen LogP) is 2.99. The van der Waals surface area contributed by atoms with Crippen LogP contribution in [0.3, 0.4) is 0 Å². The zero-order valence-electron chi connectivity index (χ0n) is 13.5. The van der Waals surface area contributed by atoms with Crippen molar-refractivity contribution in [2.75, 3.05) is 16.4 Å². The third-order valence-corrected chi connectivity index (χ3v) is 7.95. The third kappa shape index (κ3) is 3.34. The molecule has 2 heterocycles. The fourth-order valence-electron chi connectivity index (χ4n) is 2.87. The Morgan fingerprint density at radius 3 is 2.79 bits per heavy atom. The van der Waals surface area contributed by atoms with Gasteiger partial charge in [-0.15, -0.1) is 0 Å². The van der Waals surface area contributed by atoms with Crippen molar-refractivity contribution < 1.29 is 13.2 Å². The van der Waals surface area contributed by atoms with Gasteiger partial charge in [-0.05, 0) is 18.6 Å². The minimum atomic E-state index is -3.08. The molecule has 0 saturated carbocycles. The van der Waals surface area contributed by atoms with E-state index in [0.717, 1.165) is 0 Å². The van der Waals surface area contributed by atoms with E-state index in [2.05, 4.69) is 4.99 Å². The summed E-state index contributed by atoms with van der Waals surface area (Å²) in [4.78, 5) is 18.4. The van der Waals surface area contributed by atoms with Crippen LogP contribution in [-0.2, 0) is 14.6 Å². The second kappa shape index (κ2) is 6.69. The number of carbonyl (C=O) groups excluding carboxylic acids is 1. The molecule has 3 atom stereocenters. The summed E-state index contributed by atoms with van der Waals surface area (Å²) in [6.45, 7) is 3.79. The second-order valence-corrected chi connectivity index (χ2v) is 9.93. The molecule has 0 aliphatic carbocycles. The maximum Gasteiger partial charge on any atom is 0.250 e. The summed E-state index contributed by atoms with van der Waals surface area (Å²) in [7, 11) is -3.08. The van der Waals surface area contributed by atoms with Crippen molar-refractivity contribution >= 4 is 50.0 Å². The first kappa shape index (κ1) is 17.8. The molecule has 2 aliphatic heterocycles. The molecule has 24 heavy (non-hydrogen) atoms. The summed E-state index contributed by atoms with van der Waals surface area (Å²) in [6.07, 6.45) is 0.716. The van der Waals surface area contributed by atoms with E-state index in [1.165, 1.54) is 11.8 Å². The molecule has 0 spiro atoms. The average molecular weight is 387 g/mol. The number of halogens is 1. The van der Waals surface area contributed by atoms with Gasteiger partial charge in [0.2, 0.25) is 0 Å². The molecule has 2 saturated heterocycles. The SMILES string of the molecule is CC[C@H](C)C(=O)N=C1S[C@@H]2CS(=O)(=O)C[C@H]2N1c1ccccc1Cl. The fraction of sp³-hybridized carbons (Fsp3) is 0.500. The number of carbonyl (C=O) groups is 1. The van der Waals surface area contributed by atoms with Crippen LogP contribution in [0.5, 0.6) is 0 Å². The first-order chi connectivity index (χ1) is 11.3. The summed E-state index contributed by atoms with van der Waals surface area (Å²) in [5, 5.41) is 0.958. The summed E-state index contributed by atoms with van der Waals surface area (Å²) in [5.74, 6) is -0.165. The van der Waals surface area contributed by atoms with E-state index in [4.69, 9.17) is 11.6 Å². The van der Waals surface area contributed by atoms with Crippen molar-refractivity contribution in [1.82, 2.24) is 0 Å². The van der Waals surface area contributed by atoms with Crippen LogP contribution in [0.2, 0.25) is 5.02 Å². The lowest BCUT2D eigenvalue weighted by atomic mass is 10.1. The van der Waals surface area contributed by atoms with Gasteiger partial charge in [-0.25, -0.2) is 8.42 Å². The monoisotopic (exact) mass is 386 g/mol.